The lowest BCUT2D eigenvalue weighted by molar-refractivity contribution is 0.130. The highest BCUT2D eigenvalue weighted by atomic mass is 32.2. The molecule has 2 aromatic carbocycles. The predicted octanol–water partition coefficient (Wildman–Crippen LogP) is 2.04. The number of sulfone groups is 1. The van der Waals surface area contributed by atoms with E-state index in [2.05, 4.69) is 0 Å². The summed E-state index contributed by atoms with van der Waals surface area (Å²) in [5.41, 5.74) is 0.386. The van der Waals surface area contributed by atoms with E-state index in [1.54, 1.807) is 12.1 Å². The summed E-state index contributed by atoms with van der Waals surface area (Å²) in [5.74, 6) is -0.990. The molecule has 1 aliphatic rings. The Morgan fingerprint density at radius 3 is 2.04 bits per heavy atom. The van der Waals surface area contributed by atoms with Crippen molar-refractivity contribution in [1.82, 2.24) is 0 Å². The fourth-order valence-electron chi connectivity index (χ4n) is 3.42. The number of benzene rings is 2. The van der Waals surface area contributed by atoms with Gasteiger partial charge in [-0.2, -0.15) is 0 Å². The van der Waals surface area contributed by atoms with Gasteiger partial charge in [-0.25, -0.2) is 12.8 Å². The third-order valence-corrected chi connectivity index (χ3v) is 7.22. The third-order valence-electron chi connectivity index (χ3n) is 4.88. The maximum Gasteiger partial charge on any atom is 0.182 e. The van der Waals surface area contributed by atoms with Gasteiger partial charge in [-0.05, 0) is 36.8 Å². The first kappa shape index (κ1) is 17.1. The Kier molecular flexibility index (Phi) is 4.23. The van der Waals surface area contributed by atoms with Gasteiger partial charge in [0.15, 0.2) is 9.84 Å². The molecule has 128 valence electrons. The summed E-state index contributed by atoms with van der Waals surface area (Å²) in [6.07, 6.45) is 0. The zero-order valence-corrected chi connectivity index (χ0v) is 14.0. The summed E-state index contributed by atoms with van der Waals surface area (Å²) in [5, 5.41) is 18.6. The number of aliphatic hydroxyl groups is 2. The standard InChI is InChI=1S/C18H19FO4S/c1-12-2-8-15(9-3-12)24(22,23)17-16(18(17,10-20)11-21)13-4-6-14(19)7-5-13/h2-9,16-17,20-21H,10-11H2,1H3/t16-,17-/m0/s1. The average molecular weight is 350 g/mol. The number of hydrogen-bond donors (Lipinski definition) is 2. The molecule has 1 fully saturated rings. The van der Waals surface area contributed by atoms with Crippen LogP contribution in [0.3, 0.4) is 0 Å². The summed E-state index contributed by atoms with van der Waals surface area (Å²) in [4.78, 5) is 0.161. The van der Waals surface area contributed by atoms with Crippen molar-refractivity contribution in [2.75, 3.05) is 13.2 Å². The first-order valence-electron chi connectivity index (χ1n) is 7.64. The highest BCUT2D eigenvalue weighted by Crippen LogP contribution is 2.63. The van der Waals surface area contributed by atoms with E-state index >= 15 is 0 Å². The maximum absolute atomic E-state index is 13.1. The molecule has 0 spiro atoms. The molecule has 0 bridgehead atoms. The van der Waals surface area contributed by atoms with Gasteiger partial charge in [-0.3, -0.25) is 0 Å². The molecule has 0 radical (unpaired) electrons. The Balaban J connectivity index is 2.04. The largest absolute Gasteiger partial charge is 0.396 e. The van der Waals surface area contributed by atoms with Crippen molar-refractivity contribution in [3.8, 4) is 0 Å². The monoisotopic (exact) mass is 350 g/mol. The first-order chi connectivity index (χ1) is 11.4. The van der Waals surface area contributed by atoms with Crippen molar-refractivity contribution in [2.45, 2.75) is 23.0 Å². The van der Waals surface area contributed by atoms with E-state index < -0.39 is 45.5 Å². The van der Waals surface area contributed by atoms with Crippen LogP contribution in [-0.4, -0.2) is 37.1 Å². The zero-order valence-electron chi connectivity index (χ0n) is 13.2. The topological polar surface area (TPSA) is 74.6 Å². The molecule has 0 aromatic heterocycles. The molecule has 6 heteroatoms. The van der Waals surface area contributed by atoms with Crippen molar-refractivity contribution in [3.63, 3.8) is 0 Å². The van der Waals surface area contributed by atoms with Crippen molar-refractivity contribution in [1.29, 1.82) is 0 Å². The van der Waals surface area contributed by atoms with E-state index in [-0.39, 0.29) is 4.90 Å². The van der Waals surface area contributed by atoms with Gasteiger partial charge in [0.2, 0.25) is 0 Å². The van der Waals surface area contributed by atoms with Gasteiger partial charge in [0, 0.05) is 11.3 Å². The molecule has 3 rings (SSSR count). The smallest absolute Gasteiger partial charge is 0.182 e. The Hall–Kier alpha value is -1.76. The number of aryl methyl sites for hydroxylation is 1. The highest BCUT2D eigenvalue weighted by molar-refractivity contribution is 7.92. The lowest BCUT2D eigenvalue weighted by atomic mass is 10.0. The normalized spacial score (nSPS) is 22.3. The first-order valence-corrected chi connectivity index (χ1v) is 9.19. The van der Waals surface area contributed by atoms with Crippen LogP contribution in [0.5, 0.6) is 0 Å². The Morgan fingerprint density at radius 2 is 1.54 bits per heavy atom. The number of aliphatic hydroxyl groups excluding tert-OH is 2. The van der Waals surface area contributed by atoms with Crippen LogP contribution in [0.2, 0.25) is 0 Å². The molecule has 2 N–H and O–H groups in total. The van der Waals surface area contributed by atoms with Crippen LogP contribution < -0.4 is 0 Å². The summed E-state index contributed by atoms with van der Waals surface area (Å²) in [6, 6.07) is 12.0. The average Bonchev–Trinajstić information content (AvgIpc) is 3.26. The second-order valence-electron chi connectivity index (χ2n) is 6.36. The minimum Gasteiger partial charge on any atom is -0.396 e. The molecule has 4 nitrogen and oxygen atoms in total. The number of hydrogen-bond acceptors (Lipinski definition) is 4. The molecule has 0 heterocycles. The molecule has 2 atom stereocenters. The minimum absolute atomic E-state index is 0.161. The van der Waals surface area contributed by atoms with Crippen LogP contribution >= 0.6 is 0 Å². The third kappa shape index (κ3) is 2.55. The van der Waals surface area contributed by atoms with Gasteiger partial charge in [0.1, 0.15) is 5.82 Å². The van der Waals surface area contributed by atoms with E-state index in [0.29, 0.717) is 5.56 Å². The fourth-order valence-corrected chi connectivity index (χ4v) is 5.85. The Morgan fingerprint density at radius 1 is 1.00 bits per heavy atom. The van der Waals surface area contributed by atoms with Gasteiger partial charge >= 0.3 is 0 Å². The molecule has 1 saturated carbocycles. The molecule has 0 aliphatic heterocycles. The van der Waals surface area contributed by atoms with Gasteiger partial charge < -0.3 is 10.2 Å². The molecular formula is C18H19FO4S. The molecule has 0 amide bonds. The highest BCUT2D eigenvalue weighted by Gasteiger charge is 2.70. The molecule has 0 saturated heterocycles. The van der Waals surface area contributed by atoms with E-state index in [1.165, 1.54) is 36.4 Å². The summed E-state index contributed by atoms with van der Waals surface area (Å²) in [7, 11) is -3.74. The van der Waals surface area contributed by atoms with Crippen molar-refractivity contribution < 1.29 is 23.0 Å². The second-order valence-corrected chi connectivity index (χ2v) is 8.43. The van der Waals surface area contributed by atoms with Gasteiger partial charge in [0.25, 0.3) is 0 Å². The minimum atomic E-state index is -3.74. The van der Waals surface area contributed by atoms with E-state index in [4.69, 9.17) is 0 Å². The van der Waals surface area contributed by atoms with Gasteiger partial charge in [-0.1, -0.05) is 29.8 Å². The summed E-state index contributed by atoms with van der Waals surface area (Å²) in [6.45, 7) is 0.948. The zero-order chi connectivity index (χ0) is 17.5. The lowest BCUT2D eigenvalue weighted by Gasteiger charge is -2.11. The lowest BCUT2D eigenvalue weighted by Crippen LogP contribution is -2.23. The van der Waals surface area contributed by atoms with Crippen LogP contribution in [0.25, 0.3) is 0 Å². The van der Waals surface area contributed by atoms with Gasteiger partial charge in [0.05, 0.1) is 23.4 Å². The van der Waals surface area contributed by atoms with E-state index in [9.17, 15) is 23.0 Å². The van der Waals surface area contributed by atoms with Crippen molar-refractivity contribution in [2.24, 2.45) is 5.41 Å². The molecular weight excluding hydrogens is 331 g/mol. The number of halogens is 1. The van der Waals surface area contributed by atoms with Crippen LogP contribution in [0.1, 0.15) is 17.0 Å². The van der Waals surface area contributed by atoms with Gasteiger partial charge in [-0.15, -0.1) is 0 Å². The molecule has 24 heavy (non-hydrogen) atoms. The predicted molar refractivity (Wildman–Crippen MR) is 87.9 cm³/mol. The number of rotatable bonds is 5. The maximum atomic E-state index is 13.1. The molecule has 2 aromatic rings. The van der Waals surface area contributed by atoms with Crippen LogP contribution in [0.4, 0.5) is 4.39 Å². The SMILES string of the molecule is Cc1ccc(S(=O)(=O)[C@H]2[C@H](c3ccc(F)cc3)C2(CO)CO)cc1. The summed E-state index contributed by atoms with van der Waals surface area (Å²) < 4.78 is 39.1. The fraction of sp³-hybridized carbons (Fsp3) is 0.333. The Labute approximate surface area is 140 Å². The molecule has 0 unspecified atom stereocenters. The van der Waals surface area contributed by atoms with Crippen LogP contribution in [0.15, 0.2) is 53.4 Å². The van der Waals surface area contributed by atoms with Crippen LogP contribution in [0, 0.1) is 18.2 Å². The Bertz CT molecular complexity index is 824. The van der Waals surface area contributed by atoms with Crippen molar-refractivity contribution >= 4 is 9.84 Å². The van der Waals surface area contributed by atoms with Crippen LogP contribution in [-0.2, 0) is 9.84 Å². The van der Waals surface area contributed by atoms with Crippen molar-refractivity contribution in [3.05, 3.63) is 65.5 Å². The molecule has 1 aliphatic carbocycles. The quantitative estimate of drug-likeness (QED) is 0.865. The summed E-state index contributed by atoms with van der Waals surface area (Å²) >= 11 is 0. The van der Waals surface area contributed by atoms with E-state index in [0.717, 1.165) is 5.56 Å². The van der Waals surface area contributed by atoms with E-state index in [1.807, 2.05) is 6.92 Å². The second kappa shape index (κ2) is 5.95.